The van der Waals surface area contributed by atoms with Crippen molar-refractivity contribution in [3.63, 3.8) is 0 Å². The fourth-order valence-corrected chi connectivity index (χ4v) is 3.47. The van der Waals surface area contributed by atoms with Crippen LogP contribution in [0.1, 0.15) is 24.6 Å². The van der Waals surface area contributed by atoms with Gasteiger partial charge in [0.15, 0.2) is 0 Å². The third kappa shape index (κ3) is 2.74. The number of hydrogen-bond acceptors (Lipinski definition) is 4. The molecular formula is C16H22N4O2. The molecule has 0 radical (unpaired) electrons. The Labute approximate surface area is 130 Å². The lowest BCUT2D eigenvalue weighted by atomic mass is 10.0. The predicted octanol–water partition coefficient (Wildman–Crippen LogP) is 0.813. The Morgan fingerprint density at radius 2 is 2.27 bits per heavy atom. The second-order valence-electron chi connectivity index (χ2n) is 6.31. The molecule has 2 fully saturated rings. The first-order valence-corrected chi connectivity index (χ1v) is 7.75. The van der Waals surface area contributed by atoms with Gasteiger partial charge in [0.05, 0.1) is 6.54 Å². The number of carbonyl (C=O) groups excluding carboxylic acids is 1. The van der Waals surface area contributed by atoms with Crippen LogP contribution in [0.15, 0.2) is 12.3 Å². The number of carbonyl (C=O) groups is 1. The first-order chi connectivity index (χ1) is 10.5. The maximum absolute atomic E-state index is 11.6. The maximum Gasteiger partial charge on any atom is 0.248 e. The molecule has 0 bridgehead atoms. The Morgan fingerprint density at radius 1 is 1.45 bits per heavy atom. The minimum absolute atomic E-state index is 0.0581. The zero-order chi connectivity index (χ0) is 15.7. The highest BCUT2D eigenvalue weighted by atomic mass is 16.5. The lowest BCUT2D eigenvalue weighted by Crippen LogP contribution is -2.54. The van der Waals surface area contributed by atoms with Crippen LogP contribution in [0.3, 0.4) is 0 Å². The summed E-state index contributed by atoms with van der Waals surface area (Å²) in [4.78, 5) is 15.7. The highest BCUT2D eigenvalue weighted by Crippen LogP contribution is 2.30. The van der Waals surface area contributed by atoms with Gasteiger partial charge in [0, 0.05) is 39.4 Å². The van der Waals surface area contributed by atoms with Crippen LogP contribution in [0, 0.1) is 11.3 Å². The summed E-state index contributed by atoms with van der Waals surface area (Å²) in [7, 11) is 1.84. The van der Waals surface area contributed by atoms with E-state index in [1.54, 1.807) is 4.90 Å². The van der Waals surface area contributed by atoms with Crippen molar-refractivity contribution in [1.29, 1.82) is 5.26 Å². The van der Waals surface area contributed by atoms with E-state index < -0.39 is 0 Å². The molecule has 1 aromatic heterocycles. The van der Waals surface area contributed by atoms with Gasteiger partial charge in [-0.3, -0.25) is 9.69 Å². The van der Waals surface area contributed by atoms with Gasteiger partial charge in [0.25, 0.3) is 0 Å². The molecule has 3 rings (SSSR count). The molecule has 1 spiro atoms. The van der Waals surface area contributed by atoms with Crippen molar-refractivity contribution in [2.24, 2.45) is 0 Å². The predicted molar refractivity (Wildman–Crippen MR) is 81.0 cm³/mol. The van der Waals surface area contributed by atoms with Crippen LogP contribution in [-0.4, -0.2) is 59.2 Å². The summed E-state index contributed by atoms with van der Waals surface area (Å²) in [5.41, 5.74) is 1.66. The Morgan fingerprint density at radius 3 is 2.91 bits per heavy atom. The van der Waals surface area contributed by atoms with Gasteiger partial charge in [-0.25, -0.2) is 0 Å². The average Bonchev–Trinajstić information content (AvgIpc) is 3.08. The molecule has 1 amide bonds. The van der Waals surface area contributed by atoms with E-state index >= 15 is 0 Å². The Kier molecular flexibility index (Phi) is 3.94. The van der Waals surface area contributed by atoms with Gasteiger partial charge in [0.2, 0.25) is 5.91 Å². The number of aryl methyl sites for hydroxylation is 1. The molecule has 3 heterocycles. The molecule has 2 saturated heterocycles. The van der Waals surface area contributed by atoms with Gasteiger partial charge < -0.3 is 14.2 Å². The number of rotatable bonds is 3. The molecule has 2 aliphatic rings. The number of hydrogen-bond donors (Lipinski definition) is 0. The lowest BCUT2D eigenvalue weighted by molar-refractivity contribution is -0.159. The van der Waals surface area contributed by atoms with E-state index in [0.29, 0.717) is 12.2 Å². The van der Waals surface area contributed by atoms with Crippen LogP contribution >= 0.6 is 0 Å². The molecule has 0 aliphatic carbocycles. The molecule has 118 valence electrons. The first-order valence-electron chi connectivity index (χ1n) is 7.75. The number of likely N-dealkylation sites (N-methyl/N-ethyl adjacent to an activating group) is 1. The van der Waals surface area contributed by atoms with Crippen LogP contribution in [0.2, 0.25) is 0 Å². The average molecular weight is 302 g/mol. The van der Waals surface area contributed by atoms with Crippen molar-refractivity contribution in [2.75, 3.05) is 33.3 Å². The van der Waals surface area contributed by atoms with Crippen LogP contribution in [0.4, 0.5) is 0 Å². The summed E-state index contributed by atoms with van der Waals surface area (Å²) in [6.45, 7) is 6.33. The van der Waals surface area contributed by atoms with Crippen molar-refractivity contribution < 1.29 is 9.53 Å². The van der Waals surface area contributed by atoms with Crippen molar-refractivity contribution in [3.05, 3.63) is 23.5 Å². The molecule has 0 N–H and O–H groups in total. The Bertz CT molecular complexity index is 618. The van der Waals surface area contributed by atoms with E-state index in [1.165, 1.54) is 0 Å². The minimum Gasteiger partial charge on any atom is -0.362 e. The Balaban J connectivity index is 1.65. The quantitative estimate of drug-likeness (QED) is 0.829. The SMILES string of the molecule is CCn1cc(CN2CCC3(C2)CN(C)C(=O)CO3)cc1C#N. The monoisotopic (exact) mass is 302 g/mol. The number of nitrogens with zero attached hydrogens (tertiary/aromatic N) is 4. The molecule has 1 aromatic rings. The second-order valence-corrected chi connectivity index (χ2v) is 6.31. The van der Waals surface area contributed by atoms with Crippen molar-refractivity contribution in [1.82, 2.24) is 14.4 Å². The van der Waals surface area contributed by atoms with Gasteiger partial charge in [-0.05, 0) is 25.0 Å². The molecule has 0 saturated carbocycles. The topological polar surface area (TPSA) is 61.5 Å². The summed E-state index contributed by atoms with van der Waals surface area (Å²) >= 11 is 0. The van der Waals surface area contributed by atoms with E-state index in [1.807, 2.05) is 24.6 Å². The van der Waals surface area contributed by atoms with Crippen molar-refractivity contribution in [3.8, 4) is 6.07 Å². The molecule has 1 atom stereocenters. The number of nitriles is 1. The maximum atomic E-state index is 11.6. The molecule has 0 aromatic carbocycles. The van der Waals surface area contributed by atoms with Gasteiger partial charge in [-0.1, -0.05) is 0 Å². The van der Waals surface area contributed by atoms with Gasteiger partial charge in [-0.2, -0.15) is 5.26 Å². The lowest BCUT2D eigenvalue weighted by Gasteiger charge is -2.38. The fraction of sp³-hybridized carbons (Fsp3) is 0.625. The highest BCUT2D eigenvalue weighted by Gasteiger charge is 2.43. The zero-order valence-electron chi connectivity index (χ0n) is 13.2. The molecule has 1 unspecified atom stereocenters. The molecule has 6 heteroatoms. The summed E-state index contributed by atoms with van der Waals surface area (Å²) in [5, 5.41) is 9.13. The van der Waals surface area contributed by atoms with Crippen LogP contribution in [0.25, 0.3) is 0 Å². The summed E-state index contributed by atoms with van der Waals surface area (Å²) in [6.07, 6.45) is 3.01. The third-order valence-electron chi connectivity index (χ3n) is 4.66. The molecule has 22 heavy (non-hydrogen) atoms. The van der Waals surface area contributed by atoms with E-state index in [0.717, 1.165) is 38.2 Å². The van der Waals surface area contributed by atoms with E-state index in [-0.39, 0.29) is 18.1 Å². The molecule has 6 nitrogen and oxygen atoms in total. The smallest absolute Gasteiger partial charge is 0.248 e. The molecule has 2 aliphatic heterocycles. The minimum atomic E-state index is -0.214. The number of aromatic nitrogens is 1. The third-order valence-corrected chi connectivity index (χ3v) is 4.66. The second kappa shape index (κ2) is 5.75. The zero-order valence-corrected chi connectivity index (χ0v) is 13.2. The van der Waals surface area contributed by atoms with E-state index in [9.17, 15) is 4.79 Å². The number of ether oxygens (including phenoxy) is 1. The van der Waals surface area contributed by atoms with Crippen LogP contribution in [-0.2, 0) is 22.6 Å². The van der Waals surface area contributed by atoms with E-state index in [2.05, 4.69) is 17.2 Å². The van der Waals surface area contributed by atoms with Gasteiger partial charge in [0.1, 0.15) is 24.0 Å². The van der Waals surface area contributed by atoms with Gasteiger partial charge in [-0.15, -0.1) is 0 Å². The standard InChI is InChI=1S/C16H22N4O2/c1-3-20-9-13(6-14(20)7-17)8-19-5-4-16(12-19)11-18(2)15(21)10-22-16/h6,9H,3-5,8,10-12H2,1-2H3. The molecular weight excluding hydrogens is 280 g/mol. The summed E-state index contributed by atoms with van der Waals surface area (Å²) in [5.74, 6) is 0.0581. The van der Waals surface area contributed by atoms with Crippen molar-refractivity contribution in [2.45, 2.75) is 32.0 Å². The fourth-order valence-electron chi connectivity index (χ4n) is 3.47. The Hall–Kier alpha value is -1.84. The van der Waals surface area contributed by atoms with Crippen molar-refractivity contribution >= 4 is 5.91 Å². The summed E-state index contributed by atoms with van der Waals surface area (Å²) < 4.78 is 7.83. The van der Waals surface area contributed by atoms with Crippen LogP contribution < -0.4 is 0 Å². The summed E-state index contributed by atoms with van der Waals surface area (Å²) in [6, 6.07) is 4.20. The van der Waals surface area contributed by atoms with Crippen LogP contribution in [0.5, 0.6) is 0 Å². The van der Waals surface area contributed by atoms with Gasteiger partial charge >= 0.3 is 0 Å². The normalized spacial score (nSPS) is 25.9. The first kappa shape index (κ1) is 15.1. The largest absolute Gasteiger partial charge is 0.362 e. The van der Waals surface area contributed by atoms with E-state index in [4.69, 9.17) is 10.00 Å². The number of likely N-dealkylation sites (tertiary alicyclic amines) is 1. The number of morpholine rings is 1. The highest BCUT2D eigenvalue weighted by molar-refractivity contribution is 5.78. The number of amides is 1.